The number of carbonyl (C=O) groups is 1. The Morgan fingerprint density at radius 3 is 2.17 bits per heavy atom. The molecule has 0 atom stereocenters. The number of phosphoric acid groups is 1. The van der Waals surface area contributed by atoms with E-state index in [9.17, 15) is 9.36 Å². The summed E-state index contributed by atoms with van der Waals surface area (Å²) < 4.78 is 34.6. The van der Waals surface area contributed by atoms with Crippen molar-refractivity contribution in [3.63, 3.8) is 0 Å². The molecule has 0 aliphatic carbocycles. The molecule has 0 unspecified atom stereocenters. The van der Waals surface area contributed by atoms with Crippen molar-refractivity contribution >= 4 is 30.0 Å². The monoisotopic (exact) mass is 422 g/mol. The third-order valence-electron chi connectivity index (χ3n) is 2.66. The molecule has 1 rings (SSSR count). The summed E-state index contributed by atoms with van der Waals surface area (Å²) in [5.74, 6) is 0.685. The van der Waals surface area contributed by atoms with Crippen molar-refractivity contribution in [3.05, 3.63) is 28.2 Å². The number of carbonyl (C=O) groups excluding carboxylic acids is 1. The van der Waals surface area contributed by atoms with E-state index in [1.807, 2.05) is 27.7 Å². The normalized spacial score (nSPS) is 12.0. The van der Waals surface area contributed by atoms with E-state index in [1.165, 1.54) is 0 Å². The molecule has 0 fully saturated rings. The van der Waals surface area contributed by atoms with Gasteiger partial charge in [-0.1, -0.05) is 43.6 Å². The first-order valence-electron chi connectivity index (χ1n) is 7.67. The highest BCUT2D eigenvalue weighted by atomic mass is 79.9. The molecule has 0 heterocycles. The zero-order valence-electron chi connectivity index (χ0n) is 14.4. The van der Waals surface area contributed by atoms with Gasteiger partial charge in [-0.15, -0.1) is 0 Å². The van der Waals surface area contributed by atoms with Crippen molar-refractivity contribution < 1.29 is 27.7 Å². The molecule has 0 saturated heterocycles. The minimum atomic E-state index is -3.72. The Kier molecular flexibility index (Phi) is 9.16. The van der Waals surface area contributed by atoms with Crippen LogP contribution in [0.2, 0.25) is 0 Å². The van der Waals surface area contributed by atoms with Crippen molar-refractivity contribution in [1.82, 2.24) is 0 Å². The van der Waals surface area contributed by atoms with Gasteiger partial charge in [0.15, 0.2) is 13.1 Å². The third-order valence-corrected chi connectivity index (χ3v) is 4.50. The van der Waals surface area contributed by atoms with Crippen LogP contribution in [0.15, 0.2) is 22.7 Å². The number of rotatable bonds is 11. The van der Waals surface area contributed by atoms with E-state index in [0.29, 0.717) is 17.6 Å². The smallest absolute Gasteiger partial charge is 0.466 e. The van der Waals surface area contributed by atoms with Crippen LogP contribution in [0.1, 0.15) is 38.1 Å². The lowest BCUT2D eigenvalue weighted by Gasteiger charge is -2.20. The number of benzene rings is 1. The molecule has 0 aliphatic rings. The lowest BCUT2D eigenvalue weighted by atomic mass is 10.2. The largest absolute Gasteiger partial charge is 0.477 e. The van der Waals surface area contributed by atoms with Crippen molar-refractivity contribution in [1.29, 1.82) is 0 Å². The molecule has 0 aliphatic heterocycles. The zero-order valence-corrected chi connectivity index (χ0v) is 16.8. The molecule has 0 saturated carbocycles. The second-order valence-electron chi connectivity index (χ2n) is 6.02. The van der Waals surface area contributed by atoms with Gasteiger partial charge in [-0.25, -0.2) is 9.09 Å². The van der Waals surface area contributed by atoms with E-state index in [0.717, 1.165) is 4.47 Å². The van der Waals surface area contributed by atoms with E-state index in [2.05, 4.69) is 15.9 Å². The lowest BCUT2D eigenvalue weighted by Crippen LogP contribution is -2.11. The molecule has 0 aromatic heterocycles. The molecule has 24 heavy (non-hydrogen) atoms. The zero-order chi connectivity index (χ0) is 18.2. The molecule has 0 spiro atoms. The van der Waals surface area contributed by atoms with Gasteiger partial charge in [-0.3, -0.25) is 13.8 Å². The second kappa shape index (κ2) is 10.3. The van der Waals surface area contributed by atoms with E-state index in [-0.39, 0.29) is 31.8 Å². The molecule has 136 valence electrons. The Bertz CT molecular complexity index is 560. The molecule has 6 nitrogen and oxygen atoms in total. The summed E-state index contributed by atoms with van der Waals surface area (Å²) in [6.07, 6.45) is 0.671. The maximum absolute atomic E-state index is 12.6. The number of hydrogen-bond acceptors (Lipinski definition) is 6. The van der Waals surface area contributed by atoms with Gasteiger partial charge >= 0.3 is 7.82 Å². The van der Waals surface area contributed by atoms with Crippen molar-refractivity contribution in [2.45, 2.75) is 27.7 Å². The van der Waals surface area contributed by atoms with Crippen molar-refractivity contribution in [2.24, 2.45) is 11.8 Å². The van der Waals surface area contributed by atoms with Gasteiger partial charge in [0.25, 0.3) is 0 Å². The van der Waals surface area contributed by atoms with Crippen molar-refractivity contribution in [3.8, 4) is 5.75 Å². The molecule has 0 amide bonds. The Morgan fingerprint density at radius 2 is 1.67 bits per heavy atom. The molecule has 0 N–H and O–H groups in total. The molecule has 1 aromatic rings. The van der Waals surface area contributed by atoms with Crippen LogP contribution >= 0.6 is 23.8 Å². The average Bonchev–Trinajstić information content (AvgIpc) is 2.52. The quantitative estimate of drug-likeness (QED) is 0.281. The fourth-order valence-electron chi connectivity index (χ4n) is 1.49. The highest BCUT2D eigenvalue weighted by Crippen LogP contribution is 2.50. The number of halogens is 1. The Labute approximate surface area is 151 Å². The van der Waals surface area contributed by atoms with Crippen LogP contribution in [0.5, 0.6) is 5.75 Å². The minimum Gasteiger partial charge on any atom is -0.466 e. The van der Waals surface area contributed by atoms with E-state index >= 15 is 0 Å². The van der Waals surface area contributed by atoms with Crippen LogP contribution in [-0.4, -0.2) is 26.3 Å². The highest BCUT2D eigenvalue weighted by Gasteiger charge is 2.28. The maximum atomic E-state index is 12.6. The van der Waals surface area contributed by atoms with Crippen LogP contribution in [0.4, 0.5) is 0 Å². The molecule has 8 heteroatoms. The standard InChI is InChI=1S/C16H24BrO6P/c1-12(2)9-21-24(19,22-10-13(3)4)23-11-20-16-6-5-15(17)7-14(16)8-18/h5-8,12-13H,9-11H2,1-4H3. The van der Waals surface area contributed by atoms with E-state index in [4.69, 9.17) is 18.3 Å². The first-order chi connectivity index (χ1) is 11.3. The summed E-state index contributed by atoms with van der Waals surface area (Å²) in [5.41, 5.74) is 0.356. The fourth-order valence-corrected chi connectivity index (χ4v) is 3.24. The van der Waals surface area contributed by atoms with Gasteiger partial charge in [0, 0.05) is 4.47 Å². The maximum Gasteiger partial charge on any atom is 0.477 e. The summed E-state index contributed by atoms with van der Waals surface area (Å²) in [5, 5.41) is 0. The van der Waals surface area contributed by atoms with Crippen LogP contribution in [0, 0.1) is 11.8 Å². The summed E-state index contributed by atoms with van der Waals surface area (Å²) in [6, 6.07) is 4.96. The molecule has 0 radical (unpaired) electrons. The second-order valence-corrected chi connectivity index (χ2v) is 8.60. The summed E-state index contributed by atoms with van der Waals surface area (Å²) in [4.78, 5) is 11.0. The van der Waals surface area contributed by atoms with E-state index in [1.54, 1.807) is 18.2 Å². The first kappa shape index (κ1) is 21.3. The van der Waals surface area contributed by atoms with Gasteiger partial charge in [-0.05, 0) is 30.0 Å². The fraction of sp³-hybridized carbons (Fsp3) is 0.562. The van der Waals surface area contributed by atoms with Gasteiger partial charge in [0.2, 0.25) is 0 Å². The van der Waals surface area contributed by atoms with Gasteiger partial charge < -0.3 is 4.74 Å². The molecular formula is C16H24BrO6P. The third kappa shape index (κ3) is 7.90. The van der Waals surface area contributed by atoms with Crippen molar-refractivity contribution in [2.75, 3.05) is 20.0 Å². The Hall–Kier alpha value is -0.720. The predicted molar refractivity (Wildman–Crippen MR) is 95.3 cm³/mol. The average molecular weight is 423 g/mol. The van der Waals surface area contributed by atoms with Crippen LogP contribution in [0.25, 0.3) is 0 Å². The Morgan fingerprint density at radius 1 is 1.08 bits per heavy atom. The molecular weight excluding hydrogens is 399 g/mol. The first-order valence-corrected chi connectivity index (χ1v) is 9.92. The van der Waals surface area contributed by atoms with Gasteiger partial charge in [0.05, 0.1) is 18.8 Å². The molecule has 0 bridgehead atoms. The SMILES string of the molecule is CC(C)COP(=O)(OCOc1ccc(Br)cc1C=O)OCC(C)C. The lowest BCUT2D eigenvalue weighted by molar-refractivity contribution is 0.0418. The topological polar surface area (TPSA) is 71.1 Å². The summed E-state index contributed by atoms with van der Waals surface area (Å²) in [7, 11) is -3.72. The van der Waals surface area contributed by atoms with Crippen LogP contribution in [0.3, 0.4) is 0 Å². The minimum absolute atomic E-state index is 0.179. The van der Waals surface area contributed by atoms with Gasteiger partial charge in [-0.2, -0.15) is 0 Å². The number of aldehydes is 1. The molecule has 1 aromatic carbocycles. The predicted octanol–water partition coefficient (Wildman–Crippen LogP) is 5.07. The highest BCUT2D eigenvalue weighted by molar-refractivity contribution is 9.10. The Balaban J connectivity index is 2.67. The number of ether oxygens (including phenoxy) is 1. The van der Waals surface area contributed by atoms with Crippen LogP contribution in [-0.2, 0) is 18.1 Å². The van der Waals surface area contributed by atoms with E-state index < -0.39 is 7.82 Å². The summed E-state index contributed by atoms with van der Waals surface area (Å²) >= 11 is 3.27. The summed E-state index contributed by atoms with van der Waals surface area (Å²) in [6.45, 7) is 7.86. The van der Waals surface area contributed by atoms with Gasteiger partial charge in [0.1, 0.15) is 5.75 Å². The number of phosphoric ester groups is 1. The van der Waals surface area contributed by atoms with Crippen LogP contribution < -0.4 is 4.74 Å². The number of hydrogen-bond donors (Lipinski definition) is 0.